The molecule has 0 bridgehead atoms. The van der Waals surface area contributed by atoms with E-state index in [-0.39, 0.29) is 5.91 Å². The van der Waals surface area contributed by atoms with Crippen LogP contribution >= 0.6 is 0 Å². The van der Waals surface area contributed by atoms with E-state index in [1.54, 1.807) is 6.07 Å². The lowest BCUT2D eigenvalue weighted by atomic mass is 10.2. The molecular weight excluding hydrogens is 278 g/mol. The van der Waals surface area contributed by atoms with Crippen LogP contribution in [0.2, 0.25) is 0 Å². The Hall–Kier alpha value is -2.75. The van der Waals surface area contributed by atoms with Crippen LogP contribution in [0.15, 0.2) is 65.1 Å². The van der Waals surface area contributed by atoms with Gasteiger partial charge in [0.15, 0.2) is 5.76 Å². The first-order valence-electron chi connectivity index (χ1n) is 7.27. The van der Waals surface area contributed by atoms with Gasteiger partial charge in [0.25, 0.3) is 5.91 Å². The van der Waals surface area contributed by atoms with Gasteiger partial charge in [0.05, 0.1) is 6.61 Å². The maximum absolute atomic E-state index is 12.0. The van der Waals surface area contributed by atoms with Crippen molar-refractivity contribution in [1.82, 2.24) is 5.32 Å². The number of carbonyl (C=O) groups is 1. The molecule has 3 aromatic rings. The van der Waals surface area contributed by atoms with Crippen LogP contribution in [0.4, 0.5) is 0 Å². The van der Waals surface area contributed by atoms with Gasteiger partial charge in [-0.3, -0.25) is 4.79 Å². The number of nitrogens with one attached hydrogen (secondary N) is 1. The molecule has 1 heterocycles. The summed E-state index contributed by atoms with van der Waals surface area (Å²) in [5.74, 6) is 0.979. The highest BCUT2D eigenvalue weighted by molar-refractivity contribution is 5.95. The van der Waals surface area contributed by atoms with E-state index in [1.807, 2.05) is 54.6 Å². The second kappa shape index (κ2) is 6.80. The first-order valence-corrected chi connectivity index (χ1v) is 7.27. The maximum atomic E-state index is 12.0. The molecule has 0 saturated heterocycles. The lowest BCUT2D eigenvalue weighted by Crippen LogP contribution is -2.25. The zero-order valence-electron chi connectivity index (χ0n) is 12.1. The minimum Gasteiger partial charge on any atom is -0.494 e. The molecule has 22 heavy (non-hydrogen) atoms. The number of amides is 1. The highest BCUT2D eigenvalue weighted by Crippen LogP contribution is 2.18. The van der Waals surface area contributed by atoms with Gasteiger partial charge in [-0.15, -0.1) is 0 Å². The first-order chi connectivity index (χ1) is 10.8. The lowest BCUT2D eigenvalue weighted by Gasteiger charge is -2.06. The van der Waals surface area contributed by atoms with Crippen molar-refractivity contribution in [1.29, 1.82) is 0 Å². The van der Waals surface area contributed by atoms with Crippen molar-refractivity contribution < 1.29 is 13.9 Å². The number of furan rings is 1. The Bertz CT molecular complexity index is 716. The van der Waals surface area contributed by atoms with Gasteiger partial charge in [0, 0.05) is 11.9 Å². The fraction of sp³-hybridized carbons (Fsp3) is 0.167. The van der Waals surface area contributed by atoms with Gasteiger partial charge in [0.1, 0.15) is 11.3 Å². The van der Waals surface area contributed by atoms with Gasteiger partial charge in [0.2, 0.25) is 0 Å². The first kappa shape index (κ1) is 14.2. The van der Waals surface area contributed by atoms with Crippen LogP contribution in [0.3, 0.4) is 0 Å². The molecule has 1 N–H and O–H groups in total. The maximum Gasteiger partial charge on any atom is 0.287 e. The lowest BCUT2D eigenvalue weighted by molar-refractivity contribution is 0.0926. The summed E-state index contributed by atoms with van der Waals surface area (Å²) in [6.45, 7) is 1.10. The molecular formula is C18H17NO3. The predicted molar refractivity (Wildman–Crippen MR) is 85.1 cm³/mol. The summed E-state index contributed by atoms with van der Waals surface area (Å²) < 4.78 is 11.1. The number of ether oxygens (including phenoxy) is 1. The Morgan fingerprint density at radius 2 is 1.82 bits per heavy atom. The molecule has 0 aliphatic carbocycles. The highest BCUT2D eigenvalue weighted by Gasteiger charge is 2.10. The summed E-state index contributed by atoms with van der Waals surface area (Å²) in [5.41, 5.74) is 0.722. The molecule has 4 heteroatoms. The van der Waals surface area contributed by atoms with Gasteiger partial charge < -0.3 is 14.5 Å². The summed E-state index contributed by atoms with van der Waals surface area (Å²) in [5, 5.41) is 3.76. The number of fused-ring (bicyclic) bond motifs is 1. The van der Waals surface area contributed by atoms with Gasteiger partial charge in [-0.2, -0.15) is 0 Å². The van der Waals surface area contributed by atoms with Gasteiger partial charge in [-0.25, -0.2) is 0 Å². The molecule has 0 fully saturated rings. The molecule has 0 unspecified atom stereocenters. The van der Waals surface area contributed by atoms with Crippen LogP contribution in [-0.4, -0.2) is 19.1 Å². The van der Waals surface area contributed by atoms with E-state index in [1.165, 1.54) is 0 Å². The van der Waals surface area contributed by atoms with E-state index in [2.05, 4.69) is 5.32 Å². The molecule has 112 valence electrons. The average Bonchev–Trinajstić information content (AvgIpc) is 2.99. The van der Waals surface area contributed by atoms with Crippen LogP contribution < -0.4 is 10.1 Å². The molecule has 0 spiro atoms. The summed E-state index contributed by atoms with van der Waals surface area (Å²) >= 11 is 0. The summed E-state index contributed by atoms with van der Waals surface area (Å²) in [7, 11) is 0. The SMILES string of the molecule is O=C(NCCCOc1ccccc1)c1cc2ccccc2o1. The molecule has 4 nitrogen and oxygen atoms in total. The molecule has 3 rings (SSSR count). The van der Waals surface area contributed by atoms with E-state index >= 15 is 0 Å². The molecule has 0 aliphatic heterocycles. The Labute approximate surface area is 128 Å². The number of para-hydroxylation sites is 2. The summed E-state index contributed by atoms with van der Waals surface area (Å²) in [6, 6.07) is 18.9. The van der Waals surface area contributed by atoms with Crippen LogP contribution in [0.25, 0.3) is 11.0 Å². The van der Waals surface area contributed by atoms with Crippen molar-refractivity contribution in [3.05, 3.63) is 66.4 Å². The Morgan fingerprint density at radius 1 is 1.05 bits per heavy atom. The molecule has 0 atom stereocenters. The van der Waals surface area contributed by atoms with E-state index < -0.39 is 0 Å². The van der Waals surface area contributed by atoms with Crippen molar-refractivity contribution in [2.45, 2.75) is 6.42 Å². The molecule has 1 amide bonds. The fourth-order valence-electron chi connectivity index (χ4n) is 2.16. The number of rotatable bonds is 6. The van der Waals surface area contributed by atoms with Crippen molar-refractivity contribution in [3.63, 3.8) is 0 Å². The monoisotopic (exact) mass is 295 g/mol. The van der Waals surface area contributed by atoms with Crippen LogP contribution in [-0.2, 0) is 0 Å². The Morgan fingerprint density at radius 3 is 2.64 bits per heavy atom. The second-order valence-corrected chi connectivity index (χ2v) is 4.92. The van der Waals surface area contributed by atoms with Crippen LogP contribution in [0.5, 0.6) is 5.75 Å². The summed E-state index contributed by atoms with van der Waals surface area (Å²) in [6.07, 6.45) is 0.737. The van der Waals surface area contributed by atoms with Gasteiger partial charge >= 0.3 is 0 Å². The molecule has 2 aromatic carbocycles. The van der Waals surface area contributed by atoms with Gasteiger partial charge in [-0.1, -0.05) is 36.4 Å². The van der Waals surface area contributed by atoms with Crippen LogP contribution in [0.1, 0.15) is 17.0 Å². The second-order valence-electron chi connectivity index (χ2n) is 4.92. The zero-order valence-corrected chi connectivity index (χ0v) is 12.1. The van der Waals surface area contributed by atoms with E-state index in [0.29, 0.717) is 18.9 Å². The van der Waals surface area contributed by atoms with Crippen molar-refractivity contribution in [3.8, 4) is 5.75 Å². The minimum atomic E-state index is -0.198. The van der Waals surface area contributed by atoms with Crippen molar-refractivity contribution >= 4 is 16.9 Å². The third kappa shape index (κ3) is 3.47. The molecule has 0 aliphatic rings. The van der Waals surface area contributed by atoms with E-state index in [9.17, 15) is 4.79 Å². The minimum absolute atomic E-state index is 0.198. The predicted octanol–water partition coefficient (Wildman–Crippen LogP) is 3.63. The molecule has 1 aromatic heterocycles. The molecule has 0 saturated carbocycles. The number of benzene rings is 2. The standard InChI is InChI=1S/C18H17NO3/c20-18(17-13-14-7-4-5-10-16(14)22-17)19-11-6-12-21-15-8-2-1-3-9-15/h1-5,7-10,13H,6,11-12H2,(H,19,20). The largest absolute Gasteiger partial charge is 0.494 e. The Kier molecular flexibility index (Phi) is 4.39. The third-order valence-corrected chi connectivity index (χ3v) is 3.27. The summed E-state index contributed by atoms with van der Waals surface area (Å²) in [4.78, 5) is 12.0. The molecule has 0 radical (unpaired) electrons. The van der Waals surface area contributed by atoms with E-state index in [4.69, 9.17) is 9.15 Å². The van der Waals surface area contributed by atoms with Gasteiger partial charge in [-0.05, 0) is 30.7 Å². The zero-order chi connectivity index (χ0) is 15.2. The van der Waals surface area contributed by atoms with Crippen LogP contribution in [0, 0.1) is 0 Å². The van der Waals surface area contributed by atoms with Crippen molar-refractivity contribution in [2.24, 2.45) is 0 Å². The number of hydrogen-bond acceptors (Lipinski definition) is 3. The third-order valence-electron chi connectivity index (χ3n) is 3.27. The fourth-order valence-corrected chi connectivity index (χ4v) is 2.16. The topological polar surface area (TPSA) is 51.5 Å². The normalized spacial score (nSPS) is 10.5. The number of hydrogen-bond donors (Lipinski definition) is 1. The number of carbonyl (C=O) groups excluding carboxylic acids is 1. The Balaban J connectivity index is 1.44. The highest BCUT2D eigenvalue weighted by atomic mass is 16.5. The smallest absolute Gasteiger partial charge is 0.287 e. The van der Waals surface area contributed by atoms with E-state index in [0.717, 1.165) is 23.1 Å². The van der Waals surface area contributed by atoms with Crippen molar-refractivity contribution in [2.75, 3.05) is 13.2 Å². The average molecular weight is 295 g/mol. The quantitative estimate of drug-likeness (QED) is 0.706.